The van der Waals surface area contributed by atoms with Crippen LogP contribution in [0.5, 0.6) is 0 Å². The first-order chi connectivity index (χ1) is 13.3. The number of likely N-dealkylation sites (N-methyl/N-ethyl adjacent to an activating group) is 1. The summed E-state index contributed by atoms with van der Waals surface area (Å²) in [5.74, 6) is -1.20. The molecular formula is C19H26N4O5. The number of primary amides is 1. The van der Waals surface area contributed by atoms with Crippen LogP contribution in [0.3, 0.4) is 0 Å². The Balaban J connectivity index is 1.96. The van der Waals surface area contributed by atoms with E-state index >= 15 is 0 Å². The van der Waals surface area contributed by atoms with E-state index in [9.17, 15) is 19.2 Å². The van der Waals surface area contributed by atoms with Crippen LogP contribution in [0.15, 0.2) is 24.3 Å². The second-order valence-corrected chi connectivity index (χ2v) is 6.66. The molecule has 9 nitrogen and oxygen atoms in total. The third-order valence-corrected chi connectivity index (χ3v) is 4.49. The SMILES string of the molecule is CCOC(=O)C1CCCN(C(=O)CN(C)C(=O)c2cccc(NC(N)=O)c2)C1. The molecule has 1 unspecified atom stereocenters. The molecule has 1 aliphatic rings. The Kier molecular flexibility index (Phi) is 7.36. The maximum absolute atomic E-state index is 12.6. The number of hydrogen-bond donors (Lipinski definition) is 2. The number of rotatable bonds is 6. The molecule has 0 aliphatic carbocycles. The van der Waals surface area contributed by atoms with Crippen molar-refractivity contribution in [2.45, 2.75) is 19.8 Å². The average Bonchev–Trinajstić information content (AvgIpc) is 2.67. The number of esters is 1. The van der Waals surface area contributed by atoms with Gasteiger partial charge in [-0.25, -0.2) is 4.79 Å². The van der Waals surface area contributed by atoms with Crippen LogP contribution >= 0.6 is 0 Å². The molecule has 152 valence electrons. The van der Waals surface area contributed by atoms with E-state index in [1.165, 1.54) is 18.0 Å². The van der Waals surface area contributed by atoms with Gasteiger partial charge in [0.2, 0.25) is 5.91 Å². The second-order valence-electron chi connectivity index (χ2n) is 6.66. The maximum Gasteiger partial charge on any atom is 0.316 e. The summed E-state index contributed by atoms with van der Waals surface area (Å²) in [6.45, 7) is 2.80. The topological polar surface area (TPSA) is 122 Å². The van der Waals surface area contributed by atoms with Gasteiger partial charge in [0.1, 0.15) is 0 Å². The number of likely N-dealkylation sites (tertiary alicyclic amines) is 1. The molecule has 1 atom stereocenters. The zero-order valence-corrected chi connectivity index (χ0v) is 16.1. The fraction of sp³-hybridized carbons (Fsp3) is 0.474. The summed E-state index contributed by atoms with van der Waals surface area (Å²) < 4.78 is 5.04. The maximum atomic E-state index is 12.6. The summed E-state index contributed by atoms with van der Waals surface area (Å²) in [6.07, 6.45) is 1.41. The molecule has 1 fully saturated rings. The molecule has 1 aliphatic heterocycles. The van der Waals surface area contributed by atoms with E-state index < -0.39 is 6.03 Å². The average molecular weight is 390 g/mol. The van der Waals surface area contributed by atoms with Crippen LogP contribution in [0, 0.1) is 5.92 Å². The van der Waals surface area contributed by atoms with E-state index in [0.717, 1.165) is 0 Å². The number of nitrogens with two attached hydrogens (primary N) is 1. The predicted octanol–water partition coefficient (Wildman–Crippen LogP) is 1.05. The zero-order valence-electron chi connectivity index (χ0n) is 16.1. The summed E-state index contributed by atoms with van der Waals surface area (Å²) >= 11 is 0. The molecule has 0 radical (unpaired) electrons. The molecule has 2 rings (SSSR count). The number of nitrogens with zero attached hydrogens (tertiary/aromatic N) is 2. The van der Waals surface area contributed by atoms with E-state index in [4.69, 9.17) is 10.5 Å². The first-order valence-electron chi connectivity index (χ1n) is 9.18. The lowest BCUT2D eigenvalue weighted by Gasteiger charge is -2.32. The van der Waals surface area contributed by atoms with Gasteiger partial charge in [-0.05, 0) is 38.0 Å². The van der Waals surface area contributed by atoms with Crippen LogP contribution in [-0.4, -0.2) is 66.9 Å². The van der Waals surface area contributed by atoms with Crippen molar-refractivity contribution < 1.29 is 23.9 Å². The first kappa shape index (κ1) is 21.2. The van der Waals surface area contributed by atoms with Crippen molar-refractivity contribution in [2.75, 3.05) is 38.6 Å². The molecule has 0 spiro atoms. The highest BCUT2D eigenvalue weighted by molar-refractivity contribution is 5.98. The van der Waals surface area contributed by atoms with Gasteiger partial charge in [0.05, 0.1) is 19.1 Å². The molecule has 1 aromatic rings. The lowest BCUT2D eigenvalue weighted by Crippen LogP contribution is -2.47. The van der Waals surface area contributed by atoms with Gasteiger partial charge in [-0.3, -0.25) is 14.4 Å². The van der Waals surface area contributed by atoms with Gasteiger partial charge in [-0.15, -0.1) is 0 Å². The fourth-order valence-corrected chi connectivity index (χ4v) is 3.12. The van der Waals surface area contributed by atoms with E-state index in [1.807, 2.05) is 0 Å². The standard InChI is InChI=1S/C19H26N4O5/c1-3-28-18(26)14-7-5-9-23(11-14)16(24)12-22(2)17(25)13-6-4-8-15(10-13)21-19(20)27/h4,6,8,10,14H,3,5,7,9,11-12H2,1-2H3,(H3,20,21,27). The van der Waals surface area contributed by atoms with E-state index in [1.54, 1.807) is 30.0 Å². The van der Waals surface area contributed by atoms with Gasteiger partial charge in [-0.1, -0.05) is 6.07 Å². The number of urea groups is 1. The quantitative estimate of drug-likeness (QED) is 0.703. The fourth-order valence-electron chi connectivity index (χ4n) is 3.12. The molecule has 1 heterocycles. The summed E-state index contributed by atoms with van der Waals surface area (Å²) in [5, 5.41) is 2.41. The van der Waals surface area contributed by atoms with Gasteiger partial charge in [0, 0.05) is 31.4 Å². The third kappa shape index (κ3) is 5.70. The lowest BCUT2D eigenvalue weighted by atomic mass is 9.98. The normalized spacial score (nSPS) is 16.2. The van der Waals surface area contributed by atoms with Crippen LogP contribution in [0.4, 0.5) is 10.5 Å². The number of nitrogens with one attached hydrogen (secondary N) is 1. The van der Waals surface area contributed by atoms with Gasteiger partial charge in [-0.2, -0.15) is 0 Å². The molecule has 0 aromatic heterocycles. The van der Waals surface area contributed by atoms with Crippen LogP contribution in [0.2, 0.25) is 0 Å². The number of carbonyl (C=O) groups is 4. The Morgan fingerprint density at radius 3 is 2.75 bits per heavy atom. The van der Waals surface area contributed by atoms with Gasteiger partial charge in [0.15, 0.2) is 0 Å². The van der Waals surface area contributed by atoms with Crippen LogP contribution < -0.4 is 11.1 Å². The van der Waals surface area contributed by atoms with Gasteiger partial charge >= 0.3 is 12.0 Å². The highest BCUT2D eigenvalue weighted by Crippen LogP contribution is 2.18. The third-order valence-electron chi connectivity index (χ3n) is 4.49. The predicted molar refractivity (Wildman–Crippen MR) is 103 cm³/mol. The Labute approximate surface area is 163 Å². The summed E-state index contributed by atoms with van der Waals surface area (Å²) in [6, 6.07) is 5.58. The van der Waals surface area contributed by atoms with E-state index in [0.29, 0.717) is 43.8 Å². The molecule has 3 N–H and O–H groups in total. The van der Waals surface area contributed by atoms with Crippen molar-refractivity contribution >= 4 is 29.5 Å². The molecule has 9 heteroatoms. The molecule has 0 saturated carbocycles. The molecule has 4 amide bonds. The minimum atomic E-state index is -0.727. The van der Waals surface area contributed by atoms with Crippen LogP contribution in [0.25, 0.3) is 0 Å². The highest BCUT2D eigenvalue weighted by Gasteiger charge is 2.30. The molecular weight excluding hydrogens is 364 g/mol. The van der Waals surface area contributed by atoms with Crippen molar-refractivity contribution in [3.8, 4) is 0 Å². The minimum absolute atomic E-state index is 0.109. The number of carbonyl (C=O) groups excluding carboxylic acids is 4. The van der Waals surface area contributed by atoms with Crippen LogP contribution in [-0.2, 0) is 14.3 Å². The van der Waals surface area contributed by atoms with Crippen molar-refractivity contribution in [2.24, 2.45) is 11.7 Å². The number of ether oxygens (including phenoxy) is 1. The monoisotopic (exact) mass is 390 g/mol. The number of hydrogen-bond acceptors (Lipinski definition) is 5. The first-order valence-corrected chi connectivity index (χ1v) is 9.18. The number of amides is 4. The molecule has 1 aromatic carbocycles. The smallest absolute Gasteiger partial charge is 0.316 e. The Morgan fingerprint density at radius 2 is 2.07 bits per heavy atom. The molecule has 0 bridgehead atoms. The van der Waals surface area contributed by atoms with Crippen molar-refractivity contribution in [1.82, 2.24) is 9.80 Å². The largest absolute Gasteiger partial charge is 0.466 e. The zero-order chi connectivity index (χ0) is 20.7. The van der Waals surface area contributed by atoms with E-state index in [-0.39, 0.29) is 30.2 Å². The Morgan fingerprint density at radius 1 is 1.32 bits per heavy atom. The Bertz CT molecular complexity index is 752. The van der Waals surface area contributed by atoms with Crippen LogP contribution in [0.1, 0.15) is 30.1 Å². The van der Waals surface area contributed by atoms with Crippen molar-refractivity contribution in [3.05, 3.63) is 29.8 Å². The Hall–Kier alpha value is -3.10. The summed E-state index contributed by atoms with van der Waals surface area (Å²) in [5.41, 5.74) is 5.80. The molecule has 28 heavy (non-hydrogen) atoms. The number of anilines is 1. The second kappa shape index (κ2) is 9.72. The summed E-state index contributed by atoms with van der Waals surface area (Å²) in [7, 11) is 1.53. The lowest BCUT2D eigenvalue weighted by molar-refractivity contribution is -0.151. The number of piperidine rings is 1. The molecule has 1 saturated heterocycles. The van der Waals surface area contributed by atoms with Crippen molar-refractivity contribution in [3.63, 3.8) is 0 Å². The van der Waals surface area contributed by atoms with Gasteiger partial charge < -0.3 is 25.6 Å². The minimum Gasteiger partial charge on any atom is -0.466 e. The van der Waals surface area contributed by atoms with Crippen molar-refractivity contribution in [1.29, 1.82) is 0 Å². The summed E-state index contributed by atoms with van der Waals surface area (Å²) in [4.78, 5) is 51.0. The van der Waals surface area contributed by atoms with E-state index in [2.05, 4.69) is 5.32 Å². The number of benzene rings is 1. The highest BCUT2D eigenvalue weighted by atomic mass is 16.5. The van der Waals surface area contributed by atoms with Gasteiger partial charge in [0.25, 0.3) is 5.91 Å².